The van der Waals surface area contributed by atoms with E-state index in [0.717, 1.165) is 0 Å². The van der Waals surface area contributed by atoms with Gasteiger partial charge in [-0.15, -0.1) is 0 Å². The van der Waals surface area contributed by atoms with E-state index >= 15 is 0 Å². The second kappa shape index (κ2) is 5.30. The van der Waals surface area contributed by atoms with Gasteiger partial charge in [-0.2, -0.15) is 5.26 Å². The van der Waals surface area contributed by atoms with Crippen LogP contribution in [0.1, 0.15) is 47.0 Å². The lowest BCUT2D eigenvalue weighted by atomic mass is 9.65. The van der Waals surface area contributed by atoms with Gasteiger partial charge < -0.3 is 9.99 Å². The summed E-state index contributed by atoms with van der Waals surface area (Å²) in [6, 6.07) is 0. The highest BCUT2D eigenvalue weighted by Gasteiger charge is 2.44. The van der Waals surface area contributed by atoms with Gasteiger partial charge in [0.25, 0.3) is 0 Å². The topological polar surface area (TPSA) is 83.8 Å². The van der Waals surface area contributed by atoms with E-state index in [1.165, 1.54) is 0 Å². The summed E-state index contributed by atoms with van der Waals surface area (Å²) in [6.45, 7) is 7.05. The van der Waals surface area contributed by atoms with Crippen molar-refractivity contribution in [2.75, 3.05) is 0 Å². The minimum Gasteiger partial charge on any atom is -0.481 e. The molecule has 0 atom stereocenters. The number of hydrogen-bond donors (Lipinski definition) is 2. The normalized spacial score (nSPS) is 12.3. The molecule has 0 saturated heterocycles. The first kappa shape index (κ1) is 14.9. The van der Waals surface area contributed by atoms with Crippen molar-refractivity contribution in [3.05, 3.63) is 0 Å². The van der Waals surface area contributed by atoms with Crippen LogP contribution in [0.2, 0.25) is 0 Å². The molecule has 0 spiro atoms. The predicted octanol–water partition coefficient (Wildman–Crippen LogP) is 2.31. The van der Waals surface area contributed by atoms with Crippen LogP contribution in [0.3, 0.4) is 0 Å². The highest BCUT2D eigenvalue weighted by Crippen LogP contribution is 2.43. The first-order chi connectivity index (χ1) is 7.15. The van der Waals surface area contributed by atoms with Gasteiger partial charge in [-0.3, -0.25) is 4.79 Å². The molecule has 16 heavy (non-hydrogen) atoms. The SMILES string of the molecule is CC(C)(CCCC(=O)O)C(C)(C)C(=O)OO. The van der Waals surface area contributed by atoms with Gasteiger partial charge in [0.05, 0.1) is 5.41 Å². The summed E-state index contributed by atoms with van der Waals surface area (Å²) in [5.41, 5.74) is -1.30. The number of aliphatic carboxylic acids is 1. The molecule has 0 bridgehead atoms. The van der Waals surface area contributed by atoms with Crippen LogP contribution >= 0.6 is 0 Å². The van der Waals surface area contributed by atoms with Crippen LogP contribution in [0.4, 0.5) is 0 Å². The van der Waals surface area contributed by atoms with Crippen LogP contribution in [-0.2, 0) is 14.5 Å². The molecular weight excluding hydrogens is 212 g/mol. The lowest BCUT2D eigenvalue weighted by molar-refractivity contribution is -0.249. The van der Waals surface area contributed by atoms with Gasteiger partial charge in [0.2, 0.25) is 0 Å². The van der Waals surface area contributed by atoms with E-state index in [1.807, 2.05) is 13.8 Å². The second-order valence-electron chi connectivity index (χ2n) is 5.13. The molecule has 5 heteroatoms. The third-order valence-corrected chi connectivity index (χ3v) is 3.48. The number of carbonyl (C=O) groups is 2. The molecule has 94 valence electrons. The van der Waals surface area contributed by atoms with Crippen molar-refractivity contribution >= 4 is 11.9 Å². The number of carboxylic acid groups (broad SMARTS) is 1. The summed E-state index contributed by atoms with van der Waals surface area (Å²) in [5.74, 6) is -1.55. The largest absolute Gasteiger partial charge is 0.481 e. The van der Waals surface area contributed by atoms with Crippen LogP contribution in [0, 0.1) is 10.8 Å². The zero-order valence-corrected chi connectivity index (χ0v) is 10.2. The molecule has 0 radical (unpaired) electrons. The molecule has 0 amide bonds. The lowest BCUT2D eigenvalue weighted by Gasteiger charge is -2.38. The van der Waals surface area contributed by atoms with E-state index in [0.29, 0.717) is 12.8 Å². The van der Waals surface area contributed by atoms with Crippen LogP contribution < -0.4 is 0 Å². The molecule has 0 aliphatic heterocycles. The summed E-state index contributed by atoms with van der Waals surface area (Å²) >= 11 is 0. The van der Waals surface area contributed by atoms with Crippen molar-refractivity contribution in [2.24, 2.45) is 10.8 Å². The quantitative estimate of drug-likeness (QED) is 0.542. The van der Waals surface area contributed by atoms with Gasteiger partial charge >= 0.3 is 11.9 Å². The molecule has 0 aliphatic rings. The maximum absolute atomic E-state index is 11.4. The fraction of sp³-hybridized carbons (Fsp3) is 0.818. The molecule has 5 nitrogen and oxygen atoms in total. The van der Waals surface area contributed by atoms with E-state index < -0.39 is 22.8 Å². The van der Waals surface area contributed by atoms with E-state index in [1.54, 1.807) is 13.8 Å². The Morgan fingerprint density at radius 2 is 1.69 bits per heavy atom. The Hall–Kier alpha value is -1.10. The Balaban J connectivity index is 4.51. The lowest BCUT2D eigenvalue weighted by Crippen LogP contribution is -2.40. The Morgan fingerprint density at radius 1 is 1.19 bits per heavy atom. The van der Waals surface area contributed by atoms with Gasteiger partial charge in [-0.1, -0.05) is 13.8 Å². The van der Waals surface area contributed by atoms with Gasteiger partial charge in [0.1, 0.15) is 0 Å². The van der Waals surface area contributed by atoms with Crippen LogP contribution in [0.5, 0.6) is 0 Å². The Kier molecular flexibility index (Phi) is 4.93. The number of hydrogen-bond acceptors (Lipinski definition) is 4. The molecule has 0 aliphatic carbocycles. The van der Waals surface area contributed by atoms with Crippen molar-refractivity contribution < 1.29 is 24.8 Å². The zero-order chi connectivity index (χ0) is 13.0. The third-order valence-electron chi connectivity index (χ3n) is 3.48. The first-order valence-electron chi connectivity index (χ1n) is 5.23. The third kappa shape index (κ3) is 3.48. The summed E-state index contributed by atoms with van der Waals surface area (Å²) in [4.78, 5) is 25.6. The second-order valence-corrected chi connectivity index (χ2v) is 5.13. The molecule has 2 N–H and O–H groups in total. The maximum Gasteiger partial charge on any atom is 0.348 e. The molecule has 0 unspecified atom stereocenters. The molecule has 0 aromatic carbocycles. The highest BCUT2D eigenvalue weighted by atomic mass is 17.1. The van der Waals surface area contributed by atoms with Crippen molar-refractivity contribution in [1.82, 2.24) is 0 Å². The monoisotopic (exact) mass is 232 g/mol. The summed E-state index contributed by atoms with van der Waals surface area (Å²) in [7, 11) is 0. The molecular formula is C11H20O5. The summed E-state index contributed by atoms with van der Waals surface area (Å²) in [5, 5.41) is 16.9. The number of carbonyl (C=O) groups excluding carboxylic acids is 1. The fourth-order valence-corrected chi connectivity index (χ4v) is 1.38. The highest BCUT2D eigenvalue weighted by molar-refractivity contribution is 5.76. The number of rotatable bonds is 6. The molecule has 0 saturated carbocycles. The Morgan fingerprint density at radius 3 is 2.06 bits per heavy atom. The van der Waals surface area contributed by atoms with E-state index in [9.17, 15) is 9.59 Å². The molecule has 0 aromatic heterocycles. The number of carboxylic acids is 1. The fourth-order valence-electron chi connectivity index (χ4n) is 1.38. The molecule has 0 fully saturated rings. The molecule has 0 heterocycles. The van der Waals surface area contributed by atoms with Gasteiger partial charge in [0.15, 0.2) is 0 Å². The minimum atomic E-state index is -0.861. The zero-order valence-electron chi connectivity index (χ0n) is 10.2. The van der Waals surface area contributed by atoms with Gasteiger partial charge in [0, 0.05) is 6.42 Å². The average molecular weight is 232 g/mol. The van der Waals surface area contributed by atoms with E-state index in [2.05, 4.69) is 4.89 Å². The minimum absolute atomic E-state index is 0.0771. The smallest absolute Gasteiger partial charge is 0.348 e. The summed E-state index contributed by atoms with van der Waals surface area (Å²) in [6.07, 6.45) is 1.14. The molecule has 0 rings (SSSR count). The average Bonchev–Trinajstić information content (AvgIpc) is 2.15. The molecule has 0 aromatic rings. The van der Waals surface area contributed by atoms with Crippen molar-refractivity contribution in [3.8, 4) is 0 Å². The maximum atomic E-state index is 11.4. The first-order valence-corrected chi connectivity index (χ1v) is 5.23. The Bertz CT molecular complexity index is 268. The van der Waals surface area contributed by atoms with Crippen molar-refractivity contribution in [3.63, 3.8) is 0 Å². The van der Waals surface area contributed by atoms with Crippen molar-refractivity contribution in [1.29, 1.82) is 0 Å². The van der Waals surface area contributed by atoms with Crippen LogP contribution in [0.25, 0.3) is 0 Å². The van der Waals surface area contributed by atoms with Crippen molar-refractivity contribution in [2.45, 2.75) is 47.0 Å². The van der Waals surface area contributed by atoms with E-state index in [4.69, 9.17) is 10.4 Å². The predicted molar refractivity (Wildman–Crippen MR) is 57.8 cm³/mol. The standard InChI is InChI=1S/C11H20O5/c1-10(2,7-5-6-8(12)13)11(3,4)9(14)16-15/h15H,5-7H2,1-4H3,(H,12,13). The van der Waals surface area contributed by atoms with Crippen LogP contribution in [-0.4, -0.2) is 22.3 Å². The van der Waals surface area contributed by atoms with Crippen LogP contribution in [0.15, 0.2) is 0 Å². The Labute approximate surface area is 95.3 Å². The van der Waals surface area contributed by atoms with E-state index in [-0.39, 0.29) is 6.42 Å². The van der Waals surface area contributed by atoms with Gasteiger partial charge in [-0.05, 0) is 32.1 Å². The van der Waals surface area contributed by atoms with Gasteiger partial charge in [-0.25, -0.2) is 4.79 Å². The summed E-state index contributed by atoms with van der Waals surface area (Å²) < 4.78 is 0.